The van der Waals surface area contributed by atoms with Gasteiger partial charge in [0.15, 0.2) is 31.2 Å². The highest BCUT2D eigenvalue weighted by Gasteiger charge is 2.54. The molecule has 0 aromatic carbocycles. The number of aliphatic hydroxyl groups is 1. The van der Waals surface area contributed by atoms with Crippen molar-refractivity contribution in [3.8, 4) is 0 Å². The van der Waals surface area contributed by atoms with E-state index in [1.165, 1.54) is 0 Å². The summed E-state index contributed by atoms with van der Waals surface area (Å²) in [4.78, 5) is 0. The molecule has 0 aromatic heterocycles. The molecule has 1 rings (SSSR count). The first-order valence-corrected chi connectivity index (χ1v) is 20.5. The normalized spacial score (nSPS) is 27.1. The van der Waals surface area contributed by atoms with Crippen molar-refractivity contribution in [1.29, 1.82) is 0 Å². The molecular weight excluding hydrogens is 441 g/mol. The molecule has 0 radical (unpaired) electrons. The van der Waals surface area contributed by atoms with Gasteiger partial charge in [0, 0.05) is 0 Å². The Balaban J connectivity index is 3.22. The molecule has 186 valence electrons. The quantitative estimate of drug-likeness (QED) is 0.411. The first-order chi connectivity index (χ1) is 13.4. The van der Waals surface area contributed by atoms with Crippen LogP contribution < -0.4 is 0 Å². The van der Waals surface area contributed by atoms with Gasteiger partial charge in [0.1, 0.15) is 18.3 Å². The minimum Gasteiger partial charge on any atom is -0.414 e. The van der Waals surface area contributed by atoms with Crippen LogP contribution in [0.3, 0.4) is 0 Å². The largest absolute Gasteiger partial charge is 0.414 e. The van der Waals surface area contributed by atoms with Crippen molar-refractivity contribution < 1.29 is 23.1 Å². The molecule has 0 aliphatic carbocycles. The van der Waals surface area contributed by atoms with Crippen LogP contribution in [0.5, 0.6) is 0 Å². The Morgan fingerprint density at radius 3 is 1.35 bits per heavy atom. The lowest BCUT2D eigenvalue weighted by Gasteiger charge is -2.44. The van der Waals surface area contributed by atoms with Gasteiger partial charge in [-0.3, -0.25) is 0 Å². The molecule has 31 heavy (non-hydrogen) atoms. The van der Waals surface area contributed by atoms with Gasteiger partial charge in [0.2, 0.25) is 0 Å². The zero-order valence-corrected chi connectivity index (χ0v) is 26.1. The second kappa shape index (κ2) is 9.24. The summed E-state index contributed by atoms with van der Waals surface area (Å²) in [6, 6.07) is 0. The zero-order valence-electron chi connectivity index (χ0n) is 23.1. The van der Waals surface area contributed by atoms with Crippen molar-refractivity contribution >= 4 is 25.0 Å². The Kier molecular flexibility index (Phi) is 8.79. The van der Waals surface area contributed by atoms with E-state index in [1.54, 1.807) is 0 Å². The summed E-state index contributed by atoms with van der Waals surface area (Å²) in [7, 11) is -6.20. The highest BCUT2D eigenvalue weighted by Crippen LogP contribution is 2.44. The van der Waals surface area contributed by atoms with Gasteiger partial charge in [-0.15, -0.1) is 0 Å². The van der Waals surface area contributed by atoms with Crippen molar-refractivity contribution in [2.45, 2.75) is 141 Å². The third-order valence-electron chi connectivity index (χ3n) is 8.17. The topological polar surface area (TPSA) is 57.2 Å². The molecule has 1 fully saturated rings. The first kappa shape index (κ1) is 29.5. The lowest BCUT2D eigenvalue weighted by molar-refractivity contribution is -0.129. The molecule has 5 nitrogen and oxygen atoms in total. The Bertz CT molecular complexity index is 600. The second-order valence-electron chi connectivity index (χ2n) is 13.8. The van der Waals surface area contributed by atoms with Crippen LogP contribution >= 0.6 is 0 Å². The number of hydrogen-bond donors (Lipinski definition) is 1. The summed E-state index contributed by atoms with van der Waals surface area (Å²) in [5, 5.41) is 11.1. The summed E-state index contributed by atoms with van der Waals surface area (Å²) >= 11 is 0. The van der Waals surface area contributed by atoms with Crippen LogP contribution in [0.2, 0.25) is 54.4 Å². The van der Waals surface area contributed by atoms with E-state index in [4.69, 9.17) is 18.0 Å². The molecule has 1 N–H and O–H groups in total. The van der Waals surface area contributed by atoms with E-state index in [-0.39, 0.29) is 27.3 Å². The van der Waals surface area contributed by atoms with Gasteiger partial charge in [-0.25, -0.2) is 0 Å². The van der Waals surface area contributed by atoms with Gasteiger partial charge < -0.3 is 23.1 Å². The van der Waals surface area contributed by atoms with E-state index >= 15 is 0 Å². The van der Waals surface area contributed by atoms with Crippen molar-refractivity contribution in [2.24, 2.45) is 0 Å². The molecule has 0 spiro atoms. The molecule has 1 aliphatic rings. The SMILES string of the molecule is CC(C)(C)[Si](C)(C)OC[C@@H]1O[C@@H](O)[C@H](O[Si](C)(C)C(C)(C)C)[C@H]1O[Si](C)(C)C(C)(C)C. The molecule has 8 heteroatoms. The fourth-order valence-corrected chi connectivity index (χ4v) is 6.27. The van der Waals surface area contributed by atoms with Crippen molar-refractivity contribution in [3.05, 3.63) is 0 Å². The van der Waals surface area contributed by atoms with Gasteiger partial charge in [-0.2, -0.15) is 0 Å². The van der Waals surface area contributed by atoms with E-state index in [9.17, 15) is 5.11 Å². The molecule has 1 saturated heterocycles. The minimum atomic E-state index is -2.13. The third kappa shape index (κ3) is 6.97. The van der Waals surface area contributed by atoms with Crippen LogP contribution in [0.4, 0.5) is 0 Å². The fourth-order valence-electron chi connectivity index (χ4n) is 2.65. The average molecular weight is 493 g/mol. The van der Waals surface area contributed by atoms with Gasteiger partial charge in [0.05, 0.1) is 6.61 Å². The molecule has 1 aliphatic heterocycles. The monoisotopic (exact) mass is 492 g/mol. The lowest BCUT2D eigenvalue weighted by Crippen LogP contribution is -2.55. The zero-order chi connectivity index (χ0) is 24.8. The van der Waals surface area contributed by atoms with E-state index < -0.39 is 37.3 Å². The van der Waals surface area contributed by atoms with Gasteiger partial charge in [0.25, 0.3) is 0 Å². The number of ether oxygens (including phenoxy) is 1. The molecule has 0 aromatic rings. The molecule has 4 atom stereocenters. The molecule has 0 unspecified atom stereocenters. The van der Waals surface area contributed by atoms with E-state index in [0.717, 1.165) is 0 Å². The van der Waals surface area contributed by atoms with Gasteiger partial charge >= 0.3 is 0 Å². The van der Waals surface area contributed by atoms with Crippen molar-refractivity contribution in [3.63, 3.8) is 0 Å². The number of rotatable bonds is 7. The third-order valence-corrected chi connectivity index (χ3v) is 21.6. The second-order valence-corrected chi connectivity index (χ2v) is 28.1. The van der Waals surface area contributed by atoms with Crippen LogP contribution in [-0.2, 0) is 18.0 Å². The predicted octanol–water partition coefficient (Wildman–Crippen LogP) is 6.51. The Hall–Kier alpha value is 0.451. The Morgan fingerprint density at radius 2 is 1.00 bits per heavy atom. The first-order valence-electron chi connectivity index (χ1n) is 11.8. The summed E-state index contributed by atoms with van der Waals surface area (Å²) in [5.41, 5.74) is 0. The predicted molar refractivity (Wildman–Crippen MR) is 138 cm³/mol. The minimum absolute atomic E-state index is 0.0317. The lowest BCUT2D eigenvalue weighted by atomic mass is 10.1. The molecule has 1 heterocycles. The molecule has 0 amide bonds. The maximum atomic E-state index is 10.9. The van der Waals surface area contributed by atoms with Gasteiger partial charge in [-0.05, 0) is 54.4 Å². The average Bonchev–Trinajstić information content (AvgIpc) is 2.77. The summed E-state index contributed by atoms with van der Waals surface area (Å²) in [6.07, 6.45) is -2.18. The highest BCUT2D eigenvalue weighted by atomic mass is 28.4. The Labute approximate surface area is 196 Å². The van der Waals surface area contributed by atoms with Gasteiger partial charge in [-0.1, -0.05) is 62.3 Å². The molecular formula is C23H52O5Si3. The van der Waals surface area contributed by atoms with Crippen LogP contribution in [0.1, 0.15) is 62.3 Å². The summed E-state index contributed by atoms with van der Waals surface area (Å²) < 4.78 is 26.1. The fraction of sp³-hybridized carbons (Fsp3) is 1.00. The van der Waals surface area contributed by atoms with E-state index in [0.29, 0.717) is 6.61 Å². The van der Waals surface area contributed by atoms with Crippen LogP contribution in [0.15, 0.2) is 0 Å². The van der Waals surface area contributed by atoms with Crippen LogP contribution in [-0.4, -0.2) is 61.3 Å². The molecule has 0 bridgehead atoms. The highest BCUT2D eigenvalue weighted by molar-refractivity contribution is 6.75. The Morgan fingerprint density at radius 1 is 0.645 bits per heavy atom. The summed E-state index contributed by atoms with van der Waals surface area (Å²) in [5.74, 6) is 0. The smallest absolute Gasteiger partial charge is 0.192 e. The van der Waals surface area contributed by atoms with Crippen LogP contribution in [0.25, 0.3) is 0 Å². The molecule has 0 saturated carbocycles. The van der Waals surface area contributed by atoms with E-state index in [1.807, 2.05) is 0 Å². The van der Waals surface area contributed by atoms with Crippen LogP contribution in [0, 0.1) is 0 Å². The maximum absolute atomic E-state index is 10.9. The summed E-state index contributed by atoms with van der Waals surface area (Å²) in [6.45, 7) is 33.8. The van der Waals surface area contributed by atoms with Crippen molar-refractivity contribution in [2.75, 3.05) is 6.61 Å². The number of hydrogen-bond acceptors (Lipinski definition) is 5. The standard InChI is InChI=1S/C23H52O5Si3/c1-21(2,3)29(10,11)25-16-17-18(27-30(12,13)22(4,5)6)19(20(24)26-17)28-31(14,15)23(7,8)9/h17-20,24H,16H2,1-15H3/t17-,18-,19+,20+/m0/s1. The maximum Gasteiger partial charge on any atom is 0.192 e. The van der Waals surface area contributed by atoms with E-state index in [2.05, 4.69) is 102 Å². The number of aliphatic hydroxyl groups excluding tert-OH is 1. The van der Waals surface area contributed by atoms with Crippen molar-refractivity contribution in [1.82, 2.24) is 0 Å².